The Balaban J connectivity index is 2.18. The van der Waals surface area contributed by atoms with Crippen molar-refractivity contribution < 1.29 is 9.53 Å². The molecule has 1 aliphatic rings. The molecular weight excluding hydrogens is 204 g/mol. The quantitative estimate of drug-likeness (QED) is 0.759. The molecule has 1 saturated heterocycles. The van der Waals surface area contributed by atoms with E-state index in [4.69, 9.17) is 4.74 Å². The Kier molecular flexibility index (Phi) is 5.77. The van der Waals surface area contributed by atoms with Gasteiger partial charge in [-0.3, -0.25) is 4.79 Å². The van der Waals surface area contributed by atoms with E-state index in [1.54, 1.807) is 0 Å². The number of amides is 1. The van der Waals surface area contributed by atoms with Crippen molar-refractivity contribution in [2.24, 2.45) is 5.92 Å². The van der Waals surface area contributed by atoms with Crippen LogP contribution in [0.25, 0.3) is 0 Å². The summed E-state index contributed by atoms with van der Waals surface area (Å²) in [6.45, 7) is 10.00. The van der Waals surface area contributed by atoms with Crippen molar-refractivity contribution in [3.63, 3.8) is 0 Å². The van der Waals surface area contributed by atoms with E-state index in [0.717, 1.165) is 32.6 Å². The standard InChI is InChI=1S/C12H24N2O2/c1-10(2)8-11(3)16-9-12(15)14-6-4-13-5-7-14/h10-11,13H,4-9H2,1-3H3. The van der Waals surface area contributed by atoms with E-state index < -0.39 is 0 Å². The van der Waals surface area contributed by atoms with Crippen molar-refractivity contribution in [3.8, 4) is 0 Å². The molecule has 1 unspecified atom stereocenters. The molecule has 0 saturated carbocycles. The molecule has 0 spiro atoms. The lowest BCUT2D eigenvalue weighted by Gasteiger charge is -2.28. The van der Waals surface area contributed by atoms with Crippen molar-refractivity contribution in [3.05, 3.63) is 0 Å². The molecule has 1 amide bonds. The van der Waals surface area contributed by atoms with E-state index in [2.05, 4.69) is 19.2 Å². The molecular formula is C12H24N2O2. The lowest BCUT2D eigenvalue weighted by molar-refractivity contribution is -0.138. The zero-order valence-corrected chi connectivity index (χ0v) is 10.7. The van der Waals surface area contributed by atoms with Gasteiger partial charge in [-0.1, -0.05) is 13.8 Å². The molecule has 0 aromatic rings. The zero-order valence-electron chi connectivity index (χ0n) is 10.7. The highest BCUT2D eigenvalue weighted by molar-refractivity contribution is 5.77. The number of piperazine rings is 1. The number of nitrogens with one attached hydrogen (secondary N) is 1. The van der Waals surface area contributed by atoms with E-state index in [9.17, 15) is 4.79 Å². The summed E-state index contributed by atoms with van der Waals surface area (Å²) in [5.74, 6) is 0.737. The lowest BCUT2D eigenvalue weighted by atomic mass is 10.1. The van der Waals surface area contributed by atoms with Crippen LogP contribution in [0.3, 0.4) is 0 Å². The highest BCUT2D eigenvalue weighted by atomic mass is 16.5. The molecule has 0 aromatic carbocycles. The van der Waals surface area contributed by atoms with Crippen LogP contribution in [0.2, 0.25) is 0 Å². The summed E-state index contributed by atoms with van der Waals surface area (Å²) in [7, 11) is 0. The summed E-state index contributed by atoms with van der Waals surface area (Å²) in [4.78, 5) is 13.6. The summed E-state index contributed by atoms with van der Waals surface area (Å²) >= 11 is 0. The van der Waals surface area contributed by atoms with Crippen LogP contribution >= 0.6 is 0 Å². The zero-order chi connectivity index (χ0) is 12.0. The summed E-state index contributed by atoms with van der Waals surface area (Å²) in [5.41, 5.74) is 0. The molecule has 1 N–H and O–H groups in total. The van der Waals surface area contributed by atoms with Gasteiger partial charge in [0.1, 0.15) is 6.61 Å². The molecule has 4 nitrogen and oxygen atoms in total. The van der Waals surface area contributed by atoms with Gasteiger partial charge in [0.2, 0.25) is 5.91 Å². The molecule has 1 atom stereocenters. The molecule has 4 heteroatoms. The van der Waals surface area contributed by atoms with Gasteiger partial charge < -0.3 is 15.0 Å². The third-order valence-corrected chi connectivity index (χ3v) is 2.76. The highest BCUT2D eigenvalue weighted by Crippen LogP contribution is 2.07. The Morgan fingerprint density at radius 2 is 1.94 bits per heavy atom. The van der Waals surface area contributed by atoms with E-state index in [0.29, 0.717) is 5.92 Å². The minimum atomic E-state index is 0.122. The summed E-state index contributed by atoms with van der Waals surface area (Å²) in [5, 5.41) is 3.23. The van der Waals surface area contributed by atoms with E-state index in [1.807, 2.05) is 11.8 Å². The molecule has 0 aromatic heterocycles. The molecule has 16 heavy (non-hydrogen) atoms. The number of nitrogens with zero attached hydrogens (tertiary/aromatic N) is 1. The van der Waals surface area contributed by atoms with E-state index >= 15 is 0 Å². The molecule has 1 aliphatic heterocycles. The van der Waals surface area contributed by atoms with Gasteiger partial charge in [0.25, 0.3) is 0 Å². The minimum absolute atomic E-state index is 0.122. The maximum Gasteiger partial charge on any atom is 0.248 e. The smallest absolute Gasteiger partial charge is 0.248 e. The maximum atomic E-state index is 11.8. The first-order chi connectivity index (χ1) is 7.59. The lowest BCUT2D eigenvalue weighted by Crippen LogP contribution is -2.47. The second kappa shape index (κ2) is 6.86. The Hall–Kier alpha value is -0.610. The molecule has 94 valence electrons. The van der Waals surface area contributed by atoms with Crippen LogP contribution in [-0.4, -0.2) is 49.7 Å². The summed E-state index contributed by atoms with van der Waals surface area (Å²) in [6, 6.07) is 0. The average Bonchev–Trinajstić information content (AvgIpc) is 2.26. The number of rotatable bonds is 5. The average molecular weight is 228 g/mol. The van der Waals surface area contributed by atoms with Crippen LogP contribution in [0.5, 0.6) is 0 Å². The van der Waals surface area contributed by atoms with Gasteiger partial charge in [0, 0.05) is 26.2 Å². The fraction of sp³-hybridized carbons (Fsp3) is 0.917. The van der Waals surface area contributed by atoms with Gasteiger partial charge in [-0.2, -0.15) is 0 Å². The van der Waals surface area contributed by atoms with Gasteiger partial charge >= 0.3 is 0 Å². The molecule has 0 aliphatic carbocycles. The summed E-state index contributed by atoms with van der Waals surface area (Å²) < 4.78 is 5.56. The molecule has 0 bridgehead atoms. The second-order valence-electron chi connectivity index (χ2n) is 4.88. The van der Waals surface area contributed by atoms with Crippen molar-refractivity contribution in [2.75, 3.05) is 32.8 Å². The third kappa shape index (κ3) is 4.94. The fourth-order valence-corrected chi connectivity index (χ4v) is 1.95. The van der Waals surface area contributed by atoms with Crippen molar-refractivity contribution in [1.29, 1.82) is 0 Å². The number of hydrogen-bond acceptors (Lipinski definition) is 3. The minimum Gasteiger partial charge on any atom is -0.369 e. The van der Waals surface area contributed by atoms with Crippen molar-refractivity contribution >= 4 is 5.91 Å². The predicted octanol–water partition coefficient (Wildman–Crippen LogP) is 0.869. The number of ether oxygens (including phenoxy) is 1. The van der Waals surface area contributed by atoms with Crippen LogP contribution < -0.4 is 5.32 Å². The van der Waals surface area contributed by atoms with Crippen LogP contribution in [0, 0.1) is 5.92 Å². The van der Waals surface area contributed by atoms with Gasteiger partial charge in [-0.05, 0) is 19.3 Å². The first-order valence-electron chi connectivity index (χ1n) is 6.19. The van der Waals surface area contributed by atoms with Crippen LogP contribution in [0.4, 0.5) is 0 Å². The largest absolute Gasteiger partial charge is 0.369 e. The van der Waals surface area contributed by atoms with Gasteiger partial charge in [0.05, 0.1) is 6.10 Å². The van der Waals surface area contributed by atoms with Crippen LogP contribution in [0.1, 0.15) is 27.2 Å². The number of hydrogen-bond donors (Lipinski definition) is 1. The van der Waals surface area contributed by atoms with Gasteiger partial charge in [0.15, 0.2) is 0 Å². The Bertz CT molecular complexity index is 213. The molecule has 1 rings (SSSR count). The Morgan fingerprint density at radius 1 is 1.31 bits per heavy atom. The second-order valence-corrected chi connectivity index (χ2v) is 4.88. The number of carbonyl (C=O) groups excluding carboxylic acids is 1. The molecule has 1 heterocycles. The van der Waals surface area contributed by atoms with E-state index in [-0.39, 0.29) is 18.6 Å². The number of carbonyl (C=O) groups is 1. The normalized spacial score (nSPS) is 18.9. The monoisotopic (exact) mass is 228 g/mol. The first kappa shape index (κ1) is 13.5. The Morgan fingerprint density at radius 3 is 2.50 bits per heavy atom. The SMILES string of the molecule is CC(C)CC(C)OCC(=O)N1CCNCC1. The first-order valence-corrected chi connectivity index (χ1v) is 6.19. The predicted molar refractivity (Wildman–Crippen MR) is 64.3 cm³/mol. The van der Waals surface area contributed by atoms with Gasteiger partial charge in [-0.25, -0.2) is 0 Å². The highest BCUT2D eigenvalue weighted by Gasteiger charge is 2.17. The maximum absolute atomic E-state index is 11.8. The van der Waals surface area contributed by atoms with Crippen molar-refractivity contribution in [1.82, 2.24) is 10.2 Å². The van der Waals surface area contributed by atoms with Gasteiger partial charge in [-0.15, -0.1) is 0 Å². The molecule has 1 fully saturated rings. The van der Waals surface area contributed by atoms with Crippen LogP contribution in [0.15, 0.2) is 0 Å². The van der Waals surface area contributed by atoms with E-state index in [1.165, 1.54) is 0 Å². The van der Waals surface area contributed by atoms with Crippen LogP contribution in [-0.2, 0) is 9.53 Å². The Labute approximate surface area is 98.3 Å². The summed E-state index contributed by atoms with van der Waals surface area (Å²) in [6.07, 6.45) is 1.18. The fourth-order valence-electron chi connectivity index (χ4n) is 1.95. The topological polar surface area (TPSA) is 41.6 Å². The third-order valence-electron chi connectivity index (χ3n) is 2.76. The molecule has 0 radical (unpaired) electrons. The van der Waals surface area contributed by atoms with Crippen molar-refractivity contribution in [2.45, 2.75) is 33.3 Å².